The van der Waals surface area contributed by atoms with Crippen molar-refractivity contribution in [1.29, 1.82) is 0 Å². The van der Waals surface area contributed by atoms with Crippen molar-refractivity contribution in [2.45, 2.75) is 25.6 Å². The summed E-state index contributed by atoms with van der Waals surface area (Å²) < 4.78 is 13.2. The fourth-order valence-corrected chi connectivity index (χ4v) is 3.06. The van der Waals surface area contributed by atoms with Crippen molar-refractivity contribution < 1.29 is 9.47 Å². The average molecular weight is 413 g/mol. The molecule has 0 N–H and O–H groups in total. The largest absolute Gasteiger partial charge is 0.382 e. The van der Waals surface area contributed by atoms with E-state index in [4.69, 9.17) is 9.47 Å². The third-order valence-corrected chi connectivity index (χ3v) is 4.71. The summed E-state index contributed by atoms with van der Waals surface area (Å²) in [5, 5.41) is 0. The van der Waals surface area contributed by atoms with Gasteiger partial charge in [0, 0.05) is 16.0 Å². The summed E-state index contributed by atoms with van der Waals surface area (Å²) in [5.74, 6) is 0. The van der Waals surface area contributed by atoms with Gasteiger partial charge in [-0.3, -0.25) is 0 Å². The monoisotopic (exact) mass is 412 g/mol. The van der Waals surface area contributed by atoms with Crippen molar-refractivity contribution in [2.75, 3.05) is 18.1 Å². The van der Waals surface area contributed by atoms with Gasteiger partial charge in [-0.1, -0.05) is 56.7 Å². The lowest BCUT2D eigenvalue weighted by atomic mass is 9.98. The van der Waals surface area contributed by atoms with Crippen LogP contribution >= 0.6 is 38.5 Å². The zero-order valence-corrected chi connectivity index (χ0v) is 14.1. The maximum absolute atomic E-state index is 6.13. The van der Waals surface area contributed by atoms with E-state index in [0.29, 0.717) is 6.61 Å². The number of hydrogen-bond donors (Lipinski definition) is 0. The standard InChI is InChI=1S/C13H18BrIO2/c1-10(8-16-3)17-13(2,9-15)11-6-4-5-7-12(11)14/h4-7,10H,8-9H2,1-3H3. The van der Waals surface area contributed by atoms with E-state index >= 15 is 0 Å². The molecule has 0 aliphatic rings. The van der Waals surface area contributed by atoms with Gasteiger partial charge in [0.25, 0.3) is 0 Å². The highest BCUT2D eigenvalue weighted by molar-refractivity contribution is 14.1. The van der Waals surface area contributed by atoms with Crippen LogP contribution in [0.4, 0.5) is 0 Å². The highest BCUT2D eigenvalue weighted by Crippen LogP contribution is 2.34. The molecule has 0 saturated carbocycles. The lowest BCUT2D eigenvalue weighted by Gasteiger charge is -2.32. The Morgan fingerprint density at radius 1 is 1.41 bits per heavy atom. The normalized spacial score (nSPS) is 16.5. The molecule has 96 valence electrons. The van der Waals surface area contributed by atoms with Crippen molar-refractivity contribution in [1.82, 2.24) is 0 Å². The Morgan fingerprint density at radius 3 is 2.59 bits per heavy atom. The van der Waals surface area contributed by atoms with Crippen LogP contribution in [0.15, 0.2) is 28.7 Å². The molecule has 0 aromatic heterocycles. The molecular formula is C13H18BrIO2. The summed E-state index contributed by atoms with van der Waals surface area (Å²) in [6.45, 7) is 4.76. The van der Waals surface area contributed by atoms with Gasteiger partial charge in [-0.2, -0.15) is 0 Å². The Labute approximate surface area is 125 Å². The second-order valence-electron chi connectivity index (χ2n) is 4.23. The number of benzene rings is 1. The molecule has 0 heterocycles. The third-order valence-electron chi connectivity index (χ3n) is 2.56. The van der Waals surface area contributed by atoms with Crippen molar-refractivity contribution in [3.8, 4) is 0 Å². The van der Waals surface area contributed by atoms with Crippen LogP contribution in [0.25, 0.3) is 0 Å². The van der Waals surface area contributed by atoms with Gasteiger partial charge in [-0.05, 0) is 25.5 Å². The minimum Gasteiger partial charge on any atom is -0.382 e. The van der Waals surface area contributed by atoms with Crippen molar-refractivity contribution >= 4 is 38.5 Å². The molecule has 1 aromatic carbocycles. The zero-order valence-electron chi connectivity index (χ0n) is 10.4. The summed E-state index contributed by atoms with van der Waals surface area (Å²) in [7, 11) is 1.69. The van der Waals surface area contributed by atoms with Gasteiger partial charge in [-0.15, -0.1) is 0 Å². The van der Waals surface area contributed by atoms with Crippen molar-refractivity contribution in [2.24, 2.45) is 0 Å². The molecule has 0 aliphatic heterocycles. The summed E-state index contributed by atoms with van der Waals surface area (Å²) in [6.07, 6.45) is 0.0758. The second kappa shape index (κ2) is 7.07. The maximum atomic E-state index is 6.13. The van der Waals surface area contributed by atoms with E-state index in [-0.39, 0.29) is 11.7 Å². The van der Waals surface area contributed by atoms with Gasteiger partial charge >= 0.3 is 0 Å². The number of hydrogen-bond acceptors (Lipinski definition) is 2. The van der Waals surface area contributed by atoms with Crippen LogP contribution in [0.3, 0.4) is 0 Å². The van der Waals surface area contributed by atoms with Crippen LogP contribution in [0.1, 0.15) is 19.4 Å². The molecule has 0 radical (unpaired) electrons. The number of halogens is 2. The van der Waals surface area contributed by atoms with Gasteiger partial charge in [0.2, 0.25) is 0 Å². The Hall–Kier alpha value is 0.350. The smallest absolute Gasteiger partial charge is 0.101 e. The van der Waals surface area contributed by atoms with Gasteiger partial charge in [-0.25, -0.2) is 0 Å². The summed E-state index contributed by atoms with van der Waals surface area (Å²) in [4.78, 5) is 0. The molecule has 0 spiro atoms. The van der Waals surface area contributed by atoms with E-state index in [1.54, 1.807) is 7.11 Å². The number of alkyl halides is 1. The Balaban J connectivity index is 2.92. The summed E-state index contributed by atoms with van der Waals surface area (Å²) >= 11 is 5.95. The lowest BCUT2D eigenvalue weighted by molar-refractivity contribution is -0.0878. The minimum absolute atomic E-state index is 0.0758. The highest BCUT2D eigenvalue weighted by Gasteiger charge is 2.30. The molecular weight excluding hydrogens is 395 g/mol. The fraction of sp³-hybridized carbons (Fsp3) is 0.538. The Morgan fingerprint density at radius 2 is 2.06 bits per heavy atom. The van der Waals surface area contributed by atoms with E-state index in [0.717, 1.165) is 8.90 Å². The predicted octanol–water partition coefficient (Wildman–Crippen LogP) is 4.15. The summed E-state index contributed by atoms with van der Waals surface area (Å²) in [6, 6.07) is 8.20. The van der Waals surface area contributed by atoms with Crippen molar-refractivity contribution in [3.63, 3.8) is 0 Å². The van der Waals surface area contributed by atoms with Crippen LogP contribution in [-0.2, 0) is 15.1 Å². The highest BCUT2D eigenvalue weighted by atomic mass is 127. The third kappa shape index (κ3) is 4.19. The SMILES string of the molecule is COCC(C)OC(C)(CI)c1ccccc1Br. The first kappa shape index (κ1) is 15.4. The van der Waals surface area contributed by atoms with Crippen LogP contribution in [-0.4, -0.2) is 24.2 Å². The molecule has 2 atom stereocenters. The van der Waals surface area contributed by atoms with E-state index in [9.17, 15) is 0 Å². The van der Waals surface area contributed by atoms with Gasteiger partial charge in [0.05, 0.1) is 12.7 Å². The van der Waals surface area contributed by atoms with Crippen LogP contribution in [0.2, 0.25) is 0 Å². The lowest BCUT2D eigenvalue weighted by Crippen LogP contribution is -2.34. The molecule has 0 saturated heterocycles. The molecule has 17 heavy (non-hydrogen) atoms. The number of ether oxygens (including phenoxy) is 2. The van der Waals surface area contributed by atoms with E-state index in [1.807, 2.05) is 25.1 Å². The Bertz CT molecular complexity index is 359. The molecule has 0 aliphatic carbocycles. The van der Waals surface area contributed by atoms with E-state index in [2.05, 4.69) is 51.5 Å². The quantitative estimate of drug-likeness (QED) is 0.516. The molecule has 2 nitrogen and oxygen atoms in total. The Kier molecular flexibility index (Phi) is 6.40. The number of methoxy groups -OCH3 is 1. The van der Waals surface area contributed by atoms with Gasteiger partial charge in [0.15, 0.2) is 0 Å². The number of rotatable bonds is 6. The van der Waals surface area contributed by atoms with Crippen LogP contribution < -0.4 is 0 Å². The molecule has 0 bridgehead atoms. The second-order valence-corrected chi connectivity index (χ2v) is 5.85. The van der Waals surface area contributed by atoms with Gasteiger partial charge in [0.1, 0.15) is 5.60 Å². The first-order valence-electron chi connectivity index (χ1n) is 5.51. The fourth-order valence-electron chi connectivity index (χ4n) is 1.77. The zero-order chi connectivity index (χ0) is 12.9. The molecule has 4 heteroatoms. The van der Waals surface area contributed by atoms with Crippen LogP contribution in [0, 0.1) is 0 Å². The molecule has 1 aromatic rings. The predicted molar refractivity (Wildman–Crippen MR) is 82.8 cm³/mol. The van der Waals surface area contributed by atoms with Crippen LogP contribution in [0.5, 0.6) is 0 Å². The van der Waals surface area contributed by atoms with Crippen molar-refractivity contribution in [3.05, 3.63) is 34.3 Å². The maximum Gasteiger partial charge on any atom is 0.101 e. The molecule has 0 amide bonds. The average Bonchev–Trinajstić information content (AvgIpc) is 2.29. The molecule has 1 rings (SSSR count). The first-order valence-corrected chi connectivity index (χ1v) is 7.83. The molecule has 0 fully saturated rings. The first-order chi connectivity index (χ1) is 8.03. The van der Waals surface area contributed by atoms with E-state index < -0.39 is 0 Å². The van der Waals surface area contributed by atoms with E-state index in [1.165, 1.54) is 5.56 Å². The summed E-state index contributed by atoms with van der Waals surface area (Å²) in [5.41, 5.74) is 0.885. The minimum atomic E-state index is -0.293. The molecule has 2 unspecified atom stereocenters. The van der Waals surface area contributed by atoms with Gasteiger partial charge < -0.3 is 9.47 Å². The topological polar surface area (TPSA) is 18.5 Å².